The molecular formula is C27H29N7O2. The van der Waals surface area contributed by atoms with Gasteiger partial charge in [0.15, 0.2) is 5.69 Å². The van der Waals surface area contributed by atoms with Gasteiger partial charge in [0.2, 0.25) is 0 Å². The van der Waals surface area contributed by atoms with Crippen molar-refractivity contribution >= 4 is 34.2 Å². The fourth-order valence-corrected chi connectivity index (χ4v) is 4.41. The molecule has 0 spiro atoms. The van der Waals surface area contributed by atoms with Crippen molar-refractivity contribution in [2.24, 2.45) is 0 Å². The molecule has 4 aromatic rings. The van der Waals surface area contributed by atoms with Gasteiger partial charge in [-0.1, -0.05) is 18.2 Å². The van der Waals surface area contributed by atoms with Gasteiger partial charge in [-0.3, -0.25) is 14.7 Å². The van der Waals surface area contributed by atoms with Crippen LogP contribution in [-0.2, 0) is 0 Å². The molecule has 0 atom stereocenters. The number of urea groups is 1. The van der Waals surface area contributed by atoms with E-state index in [-0.39, 0.29) is 11.9 Å². The molecular weight excluding hydrogens is 454 g/mol. The van der Waals surface area contributed by atoms with Gasteiger partial charge in [-0.05, 0) is 68.4 Å². The first-order valence-electron chi connectivity index (χ1n) is 12.1. The minimum absolute atomic E-state index is 0.175. The largest absolute Gasteiger partial charge is 0.349 e. The van der Waals surface area contributed by atoms with Gasteiger partial charge in [0, 0.05) is 37.4 Å². The minimum Gasteiger partial charge on any atom is -0.349 e. The maximum Gasteiger partial charge on any atom is 0.326 e. The quantitative estimate of drug-likeness (QED) is 0.416. The van der Waals surface area contributed by atoms with Crippen molar-refractivity contribution in [3.63, 3.8) is 0 Å². The number of carbonyl (C=O) groups excluding carboxylic acids is 2. The highest BCUT2D eigenvalue weighted by Crippen LogP contribution is 2.23. The molecule has 3 heterocycles. The van der Waals surface area contributed by atoms with E-state index >= 15 is 0 Å². The molecule has 36 heavy (non-hydrogen) atoms. The molecule has 0 radical (unpaired) electrons. The minimum atomic E-state index is -0.270. The number of nitrogens with one attached hydrogen (secondary N) is 2. The Balaban J connectivity index is 1.30. The molecule has 0 bridgehead atoms. The summed E-state index contributed by atoms with van der Waals surface area (Å²) in [6.45, 7) is 3.66. The van der Waals surface area contributed by atoms with Crippen LogP contribution in [0.15, 0.2) is 73.1 Å². The average Bonchev–Trinajstić information content (AvgIpc) is 3.57. The number of fused-ring (bicyclic) bond motifs is 1. The van der Waals surface area contributed by atoms with Gasteiger partial charge in [-0.25, -0.2) is 9.48 Å². The topological polar surface area (TPSA) is 95.4 Å². The molecule has 9 nitrogen and oxygen atoms in total. The van der Waals surface area contributed by atoms with Gasteiger partial charge in [0.05, 0.1) is 23.1 Å². The maximum absolute atomic E-state index is 13.0. The third-order valence-corrected chi connectivity index (χ3v) is 6.42. The van der Waals surface area contributed by atoms with E-state index < -0.39 is 0 Å². The third-order valence-electron chi connectivity index (χ3n) is 6.42. The summed E-state index contributed by atoms with van der Waals surface area (Å²) in [5.41, 5.74) is 3.38. The van der Waals surface area contributed by atoms with Crippen molar-refractivity contribution in [1.82, 2.24) is 25.0 Å². The Labute approximate surface area is 209 Å². The van der Waals surface area contributed by atoms with Gasteiger partial charge >= 0.3 is 6.03 Å². The van der Waals surface area contributed by atoms with E-state index in [9.17, 15) is 9.59 Å². The highest BCUT2D eigenvalue weighted by Gasteiger charge is 2.19. The Bertz CT molecular complexity index is 1350. The number of aromatic nitrogens is 3. The Kier molecular flexibility index (Phi) is 6.90. The Morgan fingerprint density at radius 3 is 2.53 bits per heavy atom. The Hall–Kier alpha value is -4.24. The standard InChI is InChI=1S/C27H29N7O2/c1-32(22-7-6-14-28-19-22)27(36)30-20-10-12-21(13-11-20)34-24-9-3-2-8-23(24)25(31-34)26(35)29-15-18-33-16-4-5-17-33/h2-3,6-14,19H,4-5,15-18H2,1H3,(H,29,35)(H,30,36). The monoisotopic (exact) mass is 483 g/mol. The second-order valence-corrected chi connectivity index (χ2v) is 8.83. The summed E-state index contributed by atoms with van der Waals surface area (Å²) in [7, 11) is 1.69. The first kappa shape index (κ1) is 23.5. The first-order chi connectivity index (χ1) is 17.6. The van der Waals surface area contributed by atoms with Crippen molar-refractivity contribution in [2.75, 3.05) is 43.4 Å². The summed E-state index contributed by atoms with van der Waals surface area (Å²) in [4.78, 5) is 33.5. The van der Waals surface area contributed by atoms with E-state index in [2.05, 4.69) is 25.6 Å². The number of para-hydroxylation sites is 1. The van der Waals surface area contributed by atoms with Crippen LogP contribution in [0.4, 0.5) is 16.2 Å². The number of amides is 3. The lowest BCUT2D eigenvalue weighted by Crippen LogP contribution is -2.33. The van der Waals surface area contributed by atoms with E-state index in [0.717, 1.165) is 36.2 Å². The van der Waals surface area contributed by atoms with Crippen LogP contribution in [0.3, 0.4) is 0 Å². The second kappa shape index (κ2) is 10.6. The molecule has 2 aromatic heterocycles. The highest BCUT2D eigenvalue weighted by atomic mass is 16.2. The van der Waals surface area contributed by atoms with Crippen LogP contribution in [0.1, 0.15) is 23.3 Å². The normalized spacial score (nSPS) is 13.6. The number of hydrogen-bond acceptors (Lipinski definition) is 5. The number of anilines is 2. The molecule has 2 aromatic carbocycles. The molecule has 1 aliphatic heterocycles. The molecule has 0 saturated carbocycles. The summed E-state index contributed by atoms with van der Waals surface area (Å²) in [6, 6.07) is 18.4. The Morgan fingerprint density at radius 1 is 1.00 bits per heavy atom. The number of rotatable bonds is 7. The van der Waals surface area contributed by atoms with Crippen molar-refractivity contribution in [1.29, 1.82) is 0 Å². The van der Waals surface area contributed by atoms with E-state index in [0.29, 0.717) is 23.6 Å². The first-order valence-corrected chi connectivity index (χ1v) is 12.1. The fraction of sp³-hybridized carbons (Fsp3) is 0.259. The maximum atomic E-state index is 13.0. The number of benzene rings is 2. The van der Waals surface area contributed by atoms with Crippen molar-refractivity contribution in [2.45, 2.75) is 12.8 Å². The summed E-state index contributed by atoms with van der Waals surface area (Å²) in [5, 5.41) is 11.4. The molecule has 1 fully saturated rings. The van der Waals surface area contributed by atoms with Crippen LogP contribution in [-0.4, -0.2) is 64.8 Å². The zero-order chi connectivity index (χ0) is 24.9. The van der Waals surface area contributed by atoms with E-state index in [1.807, 2.05) is 54.6 Å². The van der Waals surface area contributed by atoms with Gasteiger partial charge in [0.1, 0.15) is 0 Å². The lowest BCUT2D eigenvalue weighted by Gasteiger charge is -2.17. The average molecular weight is 484 g/mol. The Morgan fingerprint density at radius 2 is 1.78 bits per heavy atom. The molecule has 2 N–H and O–H groups in total. The van der Waals surface area contributed by atoms with Gasteiger partial charge in [-0.2, -0.15) is 5.10 Å². The van der Waals surface area contributed by atoms with Crippen LogP contribution < -0.4 is 15.5 Å². The summed E-state index contributed by atoms with van der Waals surface area (Å²) >= 11 is 0. The van der Waals surface area contributed by atoms with E-state index in [1.165, 1.54) is 17.7 Å². The third kappa shape index (κ3) is 5.06. The number of likely N-dealkylation sites (tertiary alicyclic amines) is 1. The molecule has 0 aliphatic carbocycles. The number of nitrogens with zero attached hydrogens (tertiary/aromatic N) is 5. The predicted molar refractivity (Wildman–Crippen MR) is 141 cm³/mol. The van der Waals surface area contributed by atoms with Crippen molar-refractivity contribution in [3.05, 3.63) is 78.8 Å². The molecule has 1 aliphatic rings. The highest BCUT2D eigenvalue weighted by molar-refractivity contribution is 6.05. The van der Waals surface area contributed by atoms with Crippen molar-refractivity contribution in [3.8, 4) is 5.69 Å². The van der Waals surface area contributed by atoms with Crippen LogP contribution >= 0.6 is 0 Å². The SMILES string of the molecule is CN(C(=O)Nc1ccc(-n2nc(C(=O)NCCN3CCCC3)c3ccccc32)cc1)c1cccnc1. The summed E-state index contributed by atoms with van der Waals surface area (Å²) < 4.78 is 1.76. The molecule has 0 unspecified atom stereocenters. The van der Waals surface area contributed by atoms with Crippen molar-refractivity contribution < 1.29 is 9.59 Å². The number of carbonyl (C=O) groups is 2. The number of pyridine rings is 1. The van der Waals surface area contributed by atoms with E-state index in [4.69, 9.17) is 0 Å². The van der Waals surface area contributed by atoms with Gasteiger partial charge < -0.3 is 15.5 Å². The zero-order valence-electron chi connectivity index (χ0n) is 20.2. The lowest BCUT2D eigenvalue weighted by atomic mass is 10.2. The smallest absolute Gasteiger partial charge is 0.326 e. The number of hydrogen-bond donors (Lipinski definition) is 2. The molecule has 9 heteroatoms. The zero-order valence-corrected chi connectivity index (χ0v) is 20.2. The molecule has 184 valence electrons. The second-order valence-electron chi connectivity index (χ2n) is 8.83. The fourth-order valence-electron chi connectivity index (χ4n) is 4.41. The summed E-state index contributed by atoms with van der Waals surface area (Å²) in [6.07, 6.45) is 5.75. The summed E-state index contributed by atoms with van der Waals surface area (Å²) in [5.74, 6) is -0.175. The lowest BCUT2D eigenvalue weighted by molar-refractivity contribution is 0.0946. The molecule has 5 rings (SSSR count). The van der Waals surface area contributed by atoms with Gasteiger partial charge in [0.25, 0.3) is 5.91 Å². The van der Waals surface area contributed by atoms with Gasteiger partial charge in [-0.15, -0.1) is 0 Å². The van der Waals surface area contributed by atoms with Crippen LogP contribution in [0.5, 0.6) is 0 Å². The van der Waals surface area contributed by atoms with E-state index in [1.54, 1.807) is 30.2 Å². The molecule has 1 saturated heterocycles. The van der Waals surface area contributed by atoms with Crippen LogP contribution in [0.2, 0.25) is 0 Å². The van der Waals surface area contributed by atoms with Crippen LogP contribution in [0, 0.1) is 0 Å². The predicted octanol–water partition coefficient (Wildman–Crippen LogP) is 3.91. The molecule has 3 amide bonds. The van der Waals surface area contributed by atoms with Crippen LogP contribution in [0.25, 0.3) is 16.6 Å².